The summed E-state index contributed by atoms with van der Waals surface area (Å²) in [6, 6.07) is 7.32. The molecule has 0 unspecified atom stereocenters. The lowest BCUT2D eigenvalue weighted by molar-refractivity contribution is 0.199. The van der Waals surface area contributed by atoms with Crippen molar-refractivity contribution in [3.8, 4) is 5.75 Å². The van der Waals surface area contributed by atoms with Crippen LogP contribution in [0.1, 0.15) is 10.7 Å². The molecule has 2 rings (SSSR count). The number of rotatable bonds is 8. The van der Waals surface area contributed by atoms with Crippen molar-refractivity contribution in [2.45, 2.75) is 13.2 Å². The number of ether oxygens (including phenoxy) is 2. The van der Waals surface area contributed by atoms with E-state index < -0.39 is 0 Å². The number of hydrogen-bond acceptors (Lipinski definition) is 5. The van der Waals surface area contributed by atoms with Gasteiger partial charge in [0.15, 0.2) is 0 Å². The zero-order valence-corrected chi connectivity index (χ0v) is 12.8. The van der Waals surface area contributed by atoms with E-state index in [1.165, 1.54) is 0 Å². The van der Waals surface area contributed by atoms with Crippen LogP contribution in [0.15, 0.2) is 29.6 Å². The molecule has 1 aromatic carbocycles. The summed E-state index contributed by atoms with van der Waals surface area (Å²) in [6.07, 6.45) is 0. The minimum atomic E-state index is 0.477. The van der Waals surface area contributed by atoms with Crippen LogP contribution in [0.25, 0.3) is 0 Å². The van der Waals surface area contributed by atoms with Crippen LogP contribution in [0, 0.1) is 0 Å². The Labute approximate surface area is 127 Å². The summed E-state index contributed by atoms with van der Waals surface area (Å²) < 4.78 is 10.6. The Morgan fingerprint density at radius 2 is 2.10 bits per heavy atom. The van der Waals surface area contributed by atoms with Gasteiger partial charge in [0.2, 0.25) is 0 Å². The minimum absolute atomic E-state index is 0.477. The molecule has 0 saturated heterocycles. The van der Waals surface area contributed by atoms with Gasteiger partial charge in [-0.3, -0.25) is 0 Å². The van der Waals surface area contributed by atoms with E-state index >= 15 is 0 Å². The first kappa shape index (κ1) is 15.3. The molecule has 0 aliphatic heterocycles. The van der Waals surface area contributed by atoms with Gasteiger partial charge in [0.25, 0.3) is 0 Å². The van der Waals surface area contributed by atoms with E-state index in [0.29, 0.717) is 18.2 Å². The fourth-order valence-corrected chi connectivity index (χ4v) is 2.39. The van der Waals surface area contributed by atoms with Gasteiger partial charge in [0.1, 0.15) is 17.4 Å². The van der Waals surface area contributed by atoms with Gasteiger partial charge < -0.3 is 14.8 Å². The zero-order chi connectivity index (χ0) is 14.2. The van der Waals surface area contributed by atoms with Crippen molar-refractivity contribution >= 4 is 22.9 Å². The molecule has 0 bridgehead atoms. The molecule has 6 heteroatoms. The van der Waals surface area contributed by atoms with Crippen molar-refractivity contribution in [2.75, 3.05) is 20.3 Å². The summed E-state index contributed by atoms with van der Waals surface area (Å²) in [4.78, 5) is 4.50. The molecular formula is C14H17ClN2O2S. The van der Waals surface area contributed by atoms with Crippen LogP contribution in [0.3, 0.4) is 0 Å². The quantitative estimate of drug-likeness (QED) is 0.761. The number of halogens is 1. The molecular weight excluding hydrogens is 296 g/mol. The molecule has 0 fully saturated rings. The summed E-state index contributed by atoms with van der Waals surface area (Å²) in [5.41, 5.74) is 1.03. The van der Waals surface area contributed by atoms with Crippen LogP contribution in [0.2, 0.25) is 5.02 Å². The highest BCUT2D eigenvalue weighted by atomic mass is 35.5. The molecule has 1 N–H and O–H groups in total. The third kappa shape index (κ3) is 5.09. The maximum absolute atomic E-state index is 5.82. The van der Waals surface area contributed by atoms with Crippen LogP contribution >= 0.6 is 22.9 Å². The van der Waals surface area contributed by atoms with Crippen LogP contribution in [-0.4, -0.2) is 25.2 Å². The van der Waals surface area contributed by atoms with Crippen LogP contribution in [0.5, 0.6) is 5.75 Å². The van der Waals surface area contributed by atoms with Crippen molar-refractivity contribution in [3.63, 3.8) is 0 Å². The highest BCUT2D eigenvalue weighted by Gasteiger charge is 2.03. The molecule has 0 radical (unpaired) electrons. The average Bonchev–Trinajstić information content (AvgIpc) is 2.91. The van der Waals surface area contributed by atoms with E-state index in [4.69, 9.17) is 21.1 Å². The van der Waals surface area contributed by atoms with Crippen LogP contribution < -0.4 is 10.1 Å². The summed E-state index contributed by atoms with van der Waals surface area (Å²) in [5, 5.41) is 6.97. The summed E-state index contributed by atoms with van der Waals surface area (Å²) in [7, 11) is 1.69. The monoisotopic (exact) mass is 312 g/mol. The molecule has 1 heterocycles. The largest absolute Gasteiger partial charge is 0.486 e. The third-order valence-corrected chi connectivity index (χ3v) is 3.69. The lowest BCUT2D eigenvalue weighted by Crippen LogP contribution is -2.18. The van der Waals surface area contributed by atoms with E-state index in [0.717, 1.165) is 29.5 Å². The number of thiazole rings is 1. The van der Waals surface area contributed by atoms with Crippen molar-refractivity contribution < 1.29 is 9.47 Å². The van der Waals surface area contributed by atoms with E-state index in [1.807, 2.05) is 29.6 Å². The molecule has 0 atom stereocenters. The Hall–Kier alpha value is -1.14. The average molecular weight is 313 g/mol. The maximum atomic E-state index is 5.82. The normalized spacial score (nSPS) is 10.7. The van der Waals surface area contributed by atoms with E-state index in [-0.39, 0.29) is 0 Å². The van der Waals surface area contributed by atoms with Crippen LogP contribution in [0.4, 0.5) is 0 Å². The first-order valence-corrected chi connectivity index (χ1v) is 7.55. The van der Waals surface area contributed by atoms with Gasteiger partial charge in [-0.1, -0.05) is 11.6 Å². The van der Waals surface area contributed by atoms with Gasteiger partial charge >= 0.3 is 0 Å². The highest BCUT2D eigenvalue weighted by Crippen LogP contribution is 2.18. The minimum Gasteiger partial charge on any atom is -0.486 e. The van der Waals surface area contributed by atoms with E-state index in [9.17, 15) is 0 Å². The Morgan fingerprint density at radius 3 is 2.85 bits per heavy atom. The second-order valence-corrected chi connectivity index (χ2v) is 5.52. The number of aromatic nitrogens is 1. The topological polar surface area (TPSA) is 43.4 Å². The van der Waals surface area contributed by atoms with Gasteiger partial charge in [0.05, 0.1) is 12.3 Å². The summed E-state index contributed by atoms with van der Waals surface area (Å²) in [6.45, 7) is 2.76. The predicted molar refractivity (Wildman–Crippen MR) is 81.5 cm³/mol. The fourth-order valence-electron chi connectivity index (χ4n) is 1.56. The Balaban J connectivity index is 1.76. The first-order valence-electron chi connectivity index (χ1n) is 6.29. The number of nitrogens with one attached hydrogen (secondary N) is 1. The first-order chi connectivity index (χ1) is 9.78. The zero-order valence-electron chi connectivity index (χ0n) is 11.3. The smallest absolute Gasteiger partial charge is 0.140 e. The molecule has 0 spiro atoms. The second-order valence-electron chi connectivity index (χ2n) is 4.14. The molecule has 20 heavy (non-hydrogen) atoms. The Morgan fingerprint density at radius 1 is 1.30 bits per heavy atom. The van der Waals surface area contributed by atoms with Crippen molar-refractivity contribution in [3.05, 3.63) is 45.4 Å². The summed E-state index contributed by atoms with van der Waals surface area (Å²) >= 11 is 7.42. The van der Waals surface area contributed by atoms with Crippen molar-refractivity contribution in [1.29, 1.82) is 0 Å². The number of nitrogens with zero attached hydrogens (tertiary/aromatic N) is 1. The third-order valence-electron chi connectivity index (χ3n) is 2.56. The Kier molecular flexibility index (Phi) is 6.26. The summed E-state index contributed by atoms with van der Waals surface area (Å²) in [5.74, 6) is 0.796. The van der Waals surface area contributed by atoms with Gasteiger partial charge in [0, 0.05) is 30.6 Å². The molecule has 0 aliphatic rings. The SMILES string of the molecule is COCCNCc1csc(COc2ccc(Cl)cc2)n1. The van der Waals surface area contributed by atoms with Crippen molar-refractivity contribution in [1.82, 2.24) is 10.3 Å². The molecule has 1 aromatic heterocycles. The van der Waals surface area contributed by atoms with Crippen molar-refractivity contribution in [2.24, 2.45) is 0 Å². The predicted octanol–water partition coefficient (Wildman–Crippen LogP) is 3.11. The Bertz CT molecular complexity index is 516. The molecule has 0 saturated carbocycles. The molecule has 0 amide bonds. The molecule has 108 valence electrons. The van der Waals surface area contributed by atoms with E-state index in [2.05, 4.69) is 10.3 Å². The van der Waals surface area contributed by atoms with Gasteiger partial charge in [-0.15, -0.1) is 11.3 Å². The number of benzene rings is 1. The molecule has 0 aliphatic carbocycles. The van der Waals surface area contributed by atoms with Gasteiger partial charge in [-0.25, -0.2) is 4.98 Å². The van der Waals surface area contributed by atoms with E-state index in [1.54, 1.807) is 18.4 Å². The number of hydrogen-bond donors (Lipinski definition) is 1. The lowest BCUT2D eigenvalue weighted by atomic mass is 10.3. The number of methoxy groups -OCH3 is 1. The molecule has 4 nitrogen and oxygen atoms in total. The fraction of sp³-hybridized carbons (Fsp3) is 0.357. The second kappa shape index (κ2) is 8.21. The lowest BCUT2D eigenvalue weighted by Gasteiger charge is -2.03. The van der Waals surface area contributed by atoms with Gasteiger partial charge in [-0.05, 0) is 24.3 Å². The highest BCUT2D eigenvalue weighted by molar-refractivity contribution is 7.09. The maximum Gasteiger partial charge on any atom is 0.140 e. The van der Waals surface area contributed by atoms with Crippen LogP contribution in [-0.2, 0) is 17.9 Å². The molecule has 2 aromatic rings. The standard InChI is InChI=1S/C14H17ClN2O2S/c1-18-7-6-16-8-12-10-20-14(17-12)9-19-13-4-2-11(15)3-5-13/h2-5,10,16H,6-9H2,1H3. The van der Waals surface area contributed by atoms with Gasteiger partial charge in [-0.2, -0.15) is 0 Å².